The number of amides is 2. The molecule has 2 aromatic rings. The second kappa shape index (κ2) is 10.5. The SMILES string of the molecule is O=C(C=NOCC(=O)NCCc1ccc(F)cc1)Nc1ccc(Cl)c(Cl)c1. The standard InChI is InChI=1S/C18H16Cl2FN3O3/c19-15-6-5-14(9-16(15)20)24-17(25)10-23-27-11-18(26)22-8-7-12-1-3-13(21)4-2-12/h1-6,9-10H,7-8,11H2,(H,22,26)(H,24,25). The summed E-state index contributed by atoms with van der Waals surface area (Å²) < 4.78 is 12.8. The van der Waals surface area contributed by atoms with Crippen molar-refractivity contribution in [2.75, 3.05) is 18.5 Å². The lowest BCUT2D eigenvalue weighted by atomic mass is 10.1. The summed E-state index contributed by atoms with van der Waals surface area (Å²) in [4.78, 5) is 28.0. The van der Waals surface area contributed by atoms with Gasteiger partial charge in [-0.25, -0.2) is 4.39 Å². The summed E-state index contributed by atoms with van der Waals surface area (Å²) in [6.07, 6.45) is 1.45. The summed E-state index contributed by atoms with van der Waals surface area (Å²) in [6.45, 7) is 0.0370. The molecule has 2 N–H and O–H groups in total. The van der Waals surface area contributed by atoms with E-state index in [9.17, 15) is 14.0 Å². The first-order valence-corrected chi connectivity index (χ1v) is 8.62. The molecular formula is C18H16Cl2FN3O3. The molecule has 0 aliphatic heterocycles. The van der Waals surface area contributed by atoms with Gasteiger partial charge in [0.15, 0.2) is 6.61 Å². The molecule has 0 fully saturated rings. The molecule has 0 unspecified atom stereocenters. The molecule has 0 radical (unpaired) electrons. The normalized spacial score (nSPS) is 10.6. The Morgan fingerprint density at radius 2 is 1.85 bits per heavy atom. The third-order valence-electron chi connectivity index (χ3n) is 3.28. The van der Waals surface area contributed by atoms with Crippen LogP contribution in [0, 0.1) is 5.82 Å². The second-order valence-corrected chi connectivity index (χ2v) is 6.17. The monoisotopic (exact) mass is 411 g/mol. The molecule has 27 heavy (non-hydrogen) atoms. The van der Waals surface area contributed by atoms with Crippen LogP contribution in [0.3, 0.4) is 0 Å². The molecule has 142 valence electrons. The molecule has 0 aromatic heterocycles. The Balaban J connectivity index is 1.64. The van der Waals surface area contributed by atoms with Crippen molar-refractivity contribution in [3.05, 3.63) is 63.9 Å². The van der Waals surface area contributed by atoms with E-state index in [1.807, 2.05) is 0 Å². The number of nitrogens with zero attached hydrogens (tertiary/aromatic N) is 1. The number of hydrogen-bond acceptors (Lipinski definition) is 4. The largest absolute Gasteiger partial charge is 0.386 e. The first-order valence-electron chi connectivity index (χ1n) is 7.86. The van der Waals surface area contributed by atoms with Crippen LogP contribution in [0.4, 0.5) is 10.1 Å². The quantitative estimate of drug-likeness (QED) is 0.515. The molecule has 2 amide bonds. The van der Waals surface area contributed by atoms with Crippen molar-refractivity contribution < 1.29 is 18.8 Å². The number of rotatable bonds is 8. The Kier molecular flexibility index (Phi) is 8.03. The smallest absolute Gasteiger partial charge is 0.270 e. The summed E-state index contributed by atoms with van der Waals surface area (Å²) in [5.41, 5.74) is 1.34. The third-order valence-corrected chi connectivity index (χ3v) is 4.02. The van der Waals surface area contributed by atoms with Gasteiger partial charge in [0.2, 0.25) is 0 Å². The van der Waals surface area contributed by atoms with E-state index < -0.39 is 5.91 Å². The number of oxime groups is 1. The van der Waals surface area contributed by atoms with E-state index in [1.54, 1.807) is 24.3 Å². The van der Waals surface area contributed by atoms with Crippen molar-refractivity contribution in [3.63, 3.8) is 0 Å². The van der Waals surface area contributed by atoms with Gasteiger partial charge in [0.1, 0.15) is 12.0 Å². The highest BCUT2D eigenvalue weighted by Crippen LogP contribution is 2.24. The van der Waals surface area contributed by atoms with Crippen LogP contribution in [-0.4, -0.2) is 31.2 Å². The Labute approximate surface area is 165 Å². The van der Waals surface area contributed by atoms with Gasteiger partial charge in [-0.1, -0.05) is 40.5 Å². The van der Waals surface area contributed by atoms with Crippen molar-refractivity contribution in [3.8, 4) is 0 Å². The molecule has 0 spiro atoms. The van der Waals surface area contributed by atoms with E-state index in [4.69, 9.17) is 28.0 Å². The predicted octanol–water partition coefficient (Wildman–Crippen LogP) is 3.43. The lowest BCUT2D eigenvalue weighted by molar-refractivity contribution is -0.125. The van der Waals surface area contributed by atoms with Crippen molar-refractivity contribution in [2.45, 2.75) is 6.42 Å². The van der Waals surface area contributed by atoms with Gasteiger partial charge in [0, 0.05) is 12.2 Å². The van der Waals surface area contributed by atoms with Gasteiger partial charge in [-0.05, 0) is 42.3 Å². The van der Waals surface area contributed by atoms with Crippen LogP contribution in [-0.2, 0) is 20.8 Å². The molecule has 0 heterocycles. The molecule has 2 aromatic carbocycles. The van der Waals surface area contributed by atoms with Crippen LogP contribution >= 0.6 is 23.2 Å². The van der Waals surface area contributed by atoms with Crippen molar-refractivity contribution in [1.29, 1.82) is 0 Å². The molecule has 0 bridgehead atoms. The highest BCUT2D eigenvalue weighted by molar-refractivity contribution is 6.42. The van der Waals surface area contributed by atoms with Crippen LogP contribution in [0.25, 0.3) is 0 Å². The number of halogens is 3. The Hall–Kier alpha value is -2.64. The molecule has 2 rings (SSSR count). The zero-order chi connectivity index (χ0) is 19.6. The van der Waals surface area contributed by atoms with Gasteiger partial charge in [-0.15, -0.1) is 0 Å². The van der Waals surface area contributed by atoms with E-state index in [-0.39, 0.29) is 18.3 Å². The number of hydrogen-bond donors (Lipinski definition) is 2. The van der Waals surface area contributed by atoms with Gasteiger partial charge >= 0.3 is 0 Å². The first-order chi connectivity index (χ1) is 12.9. The molecule has 0 atom stereocenters. The molecule has 0 aliphatic carbocycles. The Morgan fingerprint density at radius 3 is 2.56 bits per heavy atom. The average molecular weight is 412 g/mol. The van der Waals surface area contributed by atoms with Crippen LogP contribution in [0.2, 0.25) is 10.0 Å². The van der Waals surface area contributed by atoms with E-state index in [1.165, 1.54) is 18.2 Å². The van der Waals surface area contributed by atoms with E-state index in [0.717, 1.165) is 11.8 Å². The van der Waals surface area contributed by atoms with Gasteiger partial charge in [0.25, 0.3) is 11.8 Å². The summed E-state index contributed by atoms with van der Waals surface area (Å²) >= 11 is 11.6. The number of benzene rings is 2. The molecule has 0 saturated carbocycles. The topological polar surface area (TPSA) is 79.8 Å². The van der Waals surface area contributed by atoms with E-state index >= 15 is 0 Å². The highest BCUT2D eigenvalue weighted by Gasteiger charge is 2.04. The molecule has 0 aliphatic rings. The fourth-order valence-corrected chi connectivity index (χ4v) is 2.28. The van der Waals surface area contributed by atoms with E-state index in [0.29, 0.717) is 28.7 Å². The lowest BCUT2D eigenvalue weighted by Crippen LogP contribution is -2.29. The fourth-order valence-electron chi connectivity index (χ4n) is 1.98. The first kappa shape index (κ1) is 20.7. The number of nitrogens with one attached hydrogen (secondary N) is 2. The molecule has 0 saturated heterocycles. The minimum Gasteiger partial charge on any atom is -0.386 e. The van der Waals surface area contributed by atoms with Gasteiger partial charge in [0.05, 0.1) is 10.0 Å². The summed E-state index contributed by atoms with van der Waals surface area (Å²) in [6, 6.07) is 10.6. The number of carbonyl (C=O) groups is 2. The Morgan fingerprint density at radius 1 is 1.11 bits per heavy atom. The van der Waals surface area contributed by atoms with Crippen LogP contribution in [0.5, 0.6) is 0 Å². The van der Waals surface area contributed by atoms with Crippen molar-refractivity contribution in [1.82, 2.24) is 5.32 Å². The Bertz CT molecular complexity index is 829. The summed E-state index contributed by atoms with van der Waals surface area (Å²) in [7, 11) is 0. The number of carbonyl (C=O) groups excluding carboxylic acids is 2. The fraction of sp³-hybridized carbons (Fsp3) is 0.167. The van der Waals surface area contributed by atoms with Crippen molar-refractivity contribution in [2.24, 2.45) is 5.16 Å². The molecular weight excluding hydrogens is 396 g/mol. The van der Waals surface area contributed by atoms with Gasteiger partial charge in [-0.2, -0.15) is 0 Å². The van der Waals surface area contributed by atoms with Gasteiger partial charge in [-0.3, -0.25) is 9.59 Å². The second-order valence-electron chi connectivity index (χ2n) is 5.35. The van der Waals surface area contributed by atoms with Crippen molar-refractivity contribution >= 4 is 46.9 Å². The average Bonchev–Trinajstić information content (AvgIpc) is 2.63. The highest BCUT2D eigenvalue weighted by atomic mass is 35.5. The maximum absolute atomic E-state index is 12.8. The third kappa shape index (κ3) is 7.64. The minimum absolute atomic E-state index is 0.306. The summed E-state index contributed by atoms with van der Waals surface area (Å²) in [5, 5.41) is 9.24. The van der Waals surface area contributed by atoms with Crippen LogP contribution in [0.15, 0.2) is 47.6 Å². The van der Waals surface area contributed by atoms with Gasteiger partial charge < -0.3 is 15.5 Å². The molecule has 9 heteroatoms. The zero-order valence-corrected chi connectivity index (χ0v) is 15.6. The number of anilines is 1. The molecule has 6 nitrogen and oxygen atoms in total. The summed E-state index contributed by atoms with van der Waals surface area (Å²) in [5.74, 6) is -1.25. The zero-order valence-electron chi connectivity index (χ0n) is 14.0. The van der Waals surface area contributed by atoms with Crippen LogP contribution in [0.1, 0.15) is 5.56 Å². The lowest BCUT2D eigenvalue weighted by Gasteiger charge is -2.05. The van der Waals surface area contributed by atoms with E-state index in [2.05, 4.69) is 15.8 Å². The van der Waals surface area contributed by atoms with Crippen LogP contribution < -0.4 is 10.6 Å². The maximum atomic E-state index is 12.8. The minimum atomic E-state index is -0.551. The maximum Gasteiger partial charge on any atom is 0.270 e. The predicted molar refractivity (Wildman–Crippen MR) is 103 cm³/mol.